The summed E-state index contributed by atoms with van der Waals surface area (Å²) in [5.41, 5.74) is 2.26. The van der Waals surface area contributed by atoms with Gasteiger partial charge in [0.2, 0.25) is 0 Å². The molecule has 1 aliphatic carbocycles. The van der Waals surface area contributed by atoms with Crippen molar-refractivity contribution in [1.82, 2.24) is 9.88 Å². The van der Waals surface area contributed by atoms with Crippen LogP contribution < -0.4 is 10.6 Å². The maximum Gasteiger partial charge on any atom is 0.176 e. The summed E-state index contributed by atoms with van der Waals surface area (Å²) in [7, 11) is 0. The molecule has 8 nitrogen and oxygen atoms in total. The van der Waals surface area contributed by atoms with Crippen LogP contribution in [-0.4, -0.2) is 73.6 Å². The third-order valence-electron chi connectivity index (χ3n) is 5.68. The molecule has 4 rings (SSSR count). The van der Waals surface area contributed by atoms with E-state index in [1.54, 1.807) is 12.4 Å². The van der Waals surface area contributed by atoms with Gasteiger partial charge in [-0.1, -0.05) is 39.5 Å². The van der Waals surface area contributed by atoms with E-state index < -0.39 is 0 Å². The number of rotatable bonds is 7. The maximum absolute atomic E-state index is 6.10. The molecule has 0 atom stereocenters. The normalized spacial score (nSPS) is 23.1. The Morgan fingerprint density at radius 2 is 1.97 bits per heavy atom. The van der Waals surface area contributed by atoms with Crippen molar-refractivity contribution in [3.8, 4) is 17.6 Å². The Balaban J connectivity index is 1.40. The van der Waals surface area contributed by atoms with Crippen LogP contribution in [0.25, 0.3) is 0 Å². The number of aromatic nitrogens is 1. The van der Waals surface area contributed by atoms with Gasteiger partial charge in [-0.3, -0.25) is 9.89 Å². The summed E-state index contributed by atoms with van der Waals surface area (Å²) in [4.78, 5) is 11.3. The van der Waals surface area contributed by atoms with Crippen LogP contribution in [0.5, 0.6) is 5.75 Å². The largest absolute Gasteiger partial charge is 0.488 e. The predicted molar refractivity (Wildman–Crippen MR) is 129 cm³/mol. The van der Waals surface area contributed by atoms with E-state index in [0.717, 1.165) is 38.0 Å². The molecule has 0 bridgehead atoms. The number of ether oxygens (including phenoxy) is 3. The van der Waals surface area contributed by atoms with Gasteiger partial charge in [-0.15, -0.1) is 0 Å². The molecule has 1 saturated carbocycles. The summed E-state index contributed by atoms with van der Waals surface area (Å²) in [6.45, 7) is 13.3. The molecule has 0 radical (unpaired) electrons. The van der Waals surface area contributed by atoms with Crippen molar-refractivity contribution < 1.29 is 14.2 Å². The molecule has 3 heterocycles. The number of hydrazone groups is 1. The van der Waals surface area contributed by atoms with Gasteiger partial charge in [0.05, 0.1) is 38.6 Å². The highest BCUT2D eigenvalue weighted by atomic mass is 16.7. The summed E-state index contributed by atoms with van der Waals surface area (Å²) in [5.74, 6) is 12.8. The van der Waals surface area contributed by atoms with Crippen LogP contribution in [0.4, 0.5) is 0 Å². The monoisotopic (exact) mass is 453 g/mol. The van der Waals surface area contributed by atoms with E-state index in [1.807, 2.05) is 6.07 Å². The first-order valence-electron chi connectivity index (χ1n) is 11.6. The molecule has 0 unspecified atom stereocenters. The number of hydrogen-bond donors (Lipinski definition) is 1. The lowest BCUT2D eigenvalue weighted by Crippen LogP contribution is -2.52. The first kappa shape index (κ1) is 23.7. The smallest absolute Gasteiger partial charge is 0.176 e. The van der Waals surface area contributed by atoms with Gasteiger partial charge in [-0.05, 0) is 24.3 Å². The lowest BCUT2D eigenvalue weighted by atomic mass is 9.84. The van der Waals surface area contributed by atoms with E-state index in [-0.39, 0.29) is 17.8 Å². The summed E-state index contributed by atoms with van der Waals surface area (Å²) >= 11 is 0. The standard InChI is InChI=1S/C25H35N5O3/c1-24(2)14-30(15-24)9-5-6-18-10-21(33-19-7-8-19)23(28-11-18)20(29-26)12-27-13-22-31-16-25(3,4)17-32-22/h10-12,19,22H,7-9,13-17,26H2,1-4H3/b27-12?,29-20+. The molecule has 3 aliphatic rings. The molecule has 8 heteroatoms. The average Bonchev–Trinajstić information content (AvgIpc) is 3.56. The second-order valence-electron chi connectivity index (χ2n) is 10.7. The van der Waals surface area contributed by atoms with Gasteiger partial charge in [0.25, 0.3) is 0 Å². The van der Waals surface area contributed by atoms with Crippen molar-refractivity contribution in [3.05, 3.63) is 23.5 Å². The first-order chi connectivity index (χ1) is 15.7. The topological polar surface area (TPSA) is 94.6 Å². The fraction of sp³-hybridized carbons (Fsp3) is 0.640. The van der Waals surface area contributed by atoms with Crippen LogP contribution in [0.2, 0.25) is 0 Å². The minimum atomic E-state index is -0.363. The van der Waals surface area contributed by atoms with E-state index in [0.29, 0.717) is 42.3 Å². The zero-order chi connectivity index (χ0) is 23.5. The van der Waals surface area contributed by atoms with Crippen molar-refractivity contribution in [2.75, 3.05) is 39.4 Å². The zero-order valence-electron chi connectivity index (χ0n) is 20.1. The van der Waals surface area contributed by atoms with Gasteiger partial charge in [0.15, 0.2) is 6.29 Å². The van der Waals surface area contributed by atoms with E-state index in [9.17, 15) is 0 Å². The molecular weight excluding hydrogens is 418 g/mol. The molecule has 2 saturated heterocycles. The van der Waals surface area contributed by atoms with Crippen molar-refractivity contribution in [3.63, 3.8) is 0 Å². The number of pyridine rings is 1. The molecule has 0 aromatic carbocycles. The Hall–Kier alpha value is -2.47. The van der Waals surface area contributed by atoms with Crippen molar-refractivity contribution >= 4 is 11.9 Å². The number of nitrogens with two attached hydrogens (primary N) is 1. The van der Waals surface area contributed by atoms with Crippen LogP contribution in [0.15, 0.2) is 22.4 Å². The Morgan fingerprint density at radius 1 is 1.24 bits per heavy atom. The van der Waals surface area contributed by atoms with Crippen LogP contribution in [0.3, 0.4) is 0 Å². The Labute approximate surface area is 196 Å². The summed E-state index contributed by atoms with van der Waals surface area (Å²) in [5, 5.41) is 3.90. The van der Waals surface area contributed by atoms with E-state index in [2.05, 4.69) is 59.5 Å². The maximum atomic E-state index is 6.10. The minimum Gasteiger partial charge on any atom is -0.488 e. The highest BCUT2D eigenvalue weighted by Gasteiger charge is 2.33. The predicted octanol–water partition coefficient (Wildman–Crippen LogP) is 2.45. The Morgan fingerprint density at radius 3 is 2.61 bits per heavy atom. The fourth-order valence-corrected chi connectivity index (χ4v) is 3.90. The number of likely N-dealkylation sites (tertiary alicyclic amines) is 1. The van der Waals surface area contributed by atoms with Crippen LogP contribution >= 0.6 is 0 Å². The minimum absolute atomic E-state index is 0.0273. The Bertz CT molecular complexity index is 954. The summed E-state index contributed by atoms with van der Waals surface area (Å²) in [6, 6.07) is 1.92. The Kier molecular flexibility index (Phi) is 7.03. The van der Waals surface area contributed by atoms with Crippen LogP contribution in [0.1, 0.15) is 51.8 Å². The number of nitrogens with zero attached hydrogens (tertiary/aromatic N) is 4. The molecule has 0 amide bonds. The molecule has 3 fully saturated rings. The summed E-state index contributed by atoms with van der Waals surface area (Å²) in [6.07, 6.45) is 5.26. The van der Waals surface area contributed by atoms with Crippen LogP contribution in [0, 0.1) is 22.7 Å². The van der Waals surface area contributed by atoms with Gasteiger partial charge in [-0.2, -0.15) is 5.10 Å². The third-order valence-corrected chi connectivity index (χ3v) is 5.68. The zero-order valence-corrected chi connectivity index (χ0v) is 20.1. The molecule has 2 aliphatic heterocycles. The summed E-state index contributed by atoms with van der Waals surface area (Å²) < 4.78 is 17.6. The molecule has 0 spiro atoms. The molecule has 1 aromatic rings. The highest BCUT2D eigenvalue weighted by Crippen LogP contribution is 2.30. The number of aliphatic imine (C=N–C) groups is 1. The lowest BCUT2D eigenvalue weighted by molar-refractivity contribution is -0.215. The fourth-order valence-electron chi connectivity index (χ4n) is 3.90. The molecular formula is C25H35N5O3. The molecule has 1 aromatic heterocycles. The highest BCUT2D eigenvalue weighted by molar-refractivity contribution is 6.38. The van der Waals surface area contributed by atoms with Crippen LogP contribution in [-0.2, 0) is 9.47 Å². The van der Waals surface area contributed by atoms with Crippen molar-refractivity contribution in [1.29, 1.82) is 0 Å². The SMILES string of the molecule is CC1(C)COC(CN=C/C(=N\N)c2ncc(C#CCN3CC(C)(C)C3)cc2OC2CC2)OC1. The molecule has 178 valence electrons. The first-order valence-corrected chi connectivity index (χ1v) is 11.6. The van der Waals surface area contributed by atoms with Crippen molar-refractivity contribution in [2.45, 2.75) is 52.9 Å². The van der Waals surface area contributed by atoms with E-state index in [4.69, 9.17) is 20.1 Å². The van der Waals surface area contributed by atoms with E-state index in [1.165, 1.54) is 0 Å². The van der Waals surface area contributed by atoms with Gasteiger partial charge in [0, 0.05) is 30.3 Å². The second kappa shape index (κ2) is 9.80. The molecule has 33 heavy (non-hydrogen) atoms. The third kappa shape index (κ3) is 6.76. The average molecular weight is 454 g/mol. The molecule has 2 N–H and O–H groups in total. The quantitative estimate of drug-likeness (QED) is 0.295. The van der Waals surface area contributed by atoms with Gasteiger partial charge in [0.1, 0.15) is 17.2 Å². The van der Waals surface area contributed by atoms with Gasteiger partial charge < -0.3 is 20.1 Å². The lowest BCUT2D eigenvalue weighted by Gasteiger charge is -2.44. The second-order valence-corrected chi connectivity index (χ2v) is 10.7. The van der Waals surface area contributed by atoms with Gasteiger partial charge >= 0.3 is 0 Å². The van der Waals surface area contributed by atoms with E-state index >= 15 is 0 Å². The van der Waals surface area contributed by atoms with Gasteiger partial charge in [-0.25, -0.2) is 4.98 Å². The van der Waals surface area contributed by atoms with Crippen molar-refractivity contribution in [2.24, 2.45) is 26.8 Å². The number of hydrogen-bond acceptors (Lipinski definition) is 8.